The number of benzene rings is 1. The molecule has 5 rings (SSSR count). The lowest BCUT2D eigenvalue weighted by molar-refractivity contribution is -0.127. The first-order chi connectivity index (χ1) is 17.4. The molecule has 2 aromatic rings. The minimum Gasteiger partial charge on any atom is -0.363 e. The van der Waals surface area contributed by atoms with Gasteiger partial charge in [-0.1, -0.05) is 29.3 Å². The highest BCUT2D eigenvalue weighted by molar-refractivity contribution is 6.35. The van der Waals surface area contributed by atoms with Crippen molar-refractivity contribution in [3.63, 3.8) is 0 Å². The molecule has 1 N–H and O–H groups in total. The highest BCUT2D eigenvalue weighted by atomic mass is 35.5. The first kappa shape index (κ1) is 25.6. The van der Waals surface area contributed by atoms with Gasteiger partial charge in [0.2, 0.25) is 11.9 Å². The Balaban J connectivity index is 1.15. The van der Waals surface area contributed by atoms with Crippen LogP contribution in [0.3, 0.4) is 0 Å². The number of likely N-dealkylation sites (tertiary alicyclic amines) is 2. The van der Waals surface area contributed by atoms with E-state index in [0.717, 1.165) is 81.5 Å². The molecular weight excluding hydrogens is 495 g/mol. The number of amides is 1. The number of carbonyl (C=O) groups is 1. The molecule has 0 aliphatic carbocycles. The predicted octanol–water partition coefficient (Wildman–Crippen LogP) is 5.04. The van der Waals surface area contributed by atoms with Crippen molar-refractivity contribution in [1.82, 2.24) is 19.8 Å². The van der Waals surface area contributed by atoms with Crippen LogP contribution >= 0.6 is 23.2 Å². The van der Waals surface area contributed by atoms with Crippen molar-refractivity contribution in [2.24, 2.45) is 11.8 Å². The van der Waals surface area contributed by atoms with Gasteiger partial charge in [0.1, 0.15) is 5.82 Å². The van der Waals surface area contributed by atoms with Crippen LogP contribution in [0.25, 0.3) is 0 Å². The van der Waals surface area contributed by atoms with Gasteiger partial charge in [0, 0.05) is 67.5 Å². The average Bonchev–Trinajstić information content (AvgIpc) is 3.23. The Hall–Kier alpha value is -2.09. The molecule has 3 fully saturated rings. The number of nitrogens with zero attached hydrogens (tertiary/aromatic N) is 5. The first-order valence-corrected chi connectivity index (χ1v) is 13.9. The molecule has 2 atom stereocenters. The lowest BCUT2D eigenvalue weighted by atomic mass is 9.81. The second-order valence-electron chi connectivity index (χ2n) is 10.6. The highest BCUT2D eigenvalue weighted by Crippen LogP contribution is 2.34. The van der Waals surface area contributed by atoms with Crippen molar-refractivity contribution in [2.75, 3.05) is 56.0 Å². The number of hydrogen-bond acceptors (Lipinski definition) is 6. The number of rotatable bonds is 8. The number of anilines is 2. The van der Waals surface area contributed by atoms with Gasteiger partial charge in [-0.05, 0) is 69.2 Å². The van der Waals surface area contributed by atoms with Crippen LogP contribution in [0.15, 0.2) is 24.4 Å². The smallest absolute Gasteiger partial charge is 0.227 e. The number of aromatic nitrogens is 2. The third-order valence-electron chi connectivity index (χ3n) is 8.00. The van der Waals surface area contributed by atoms with Gasteiger partial charge < -0.3 is 20.0 Å². The molecule has 36 heavy (non-hydrogen) atoms. The van der Waals surface area contributed by atoms with Crippen molar-refractivity contribution in [1.29, 1.82) is 0 Å². The van der Waals surface area contributed by atoms with E-state index in [1.807, 2.05) is 30.2 Å². The van der Waals surface area contributed by atoms with Gasteiger partial charge in [-0.15, -0.1) is 0 Å². The van der Waals surface area contributed by atoms with E-state index in [1.165, 1.54) is 12.8 Å². The van der Waals surface area contributed by atoms with Crippen LogP contribution < -0.4 is 10.2 Å². The van der Waals surface area contributed by atoms with Gasteiger partial charge in [-0.3, -0.25) is 4.79 Å². The summed E-state index contributed by atoms with van der Waals surface area (Å²) in [6.45, 7) is 11.2. The zero-order chi connectivity index (χ0) is 25.2. The second kappa shape index (κ2) is 11.1. The molecule has 194 valence electrons. The molecule has 2 unspecified atom stereocenters. The maximum atomic E-state index is 11.9. The summed E-state index contributed by atoms with van der Waals surface area (Å²) in [6, 6.07) is 5.57. The van der Waals surface area contributed by atoms with E-state index in [-0.39, 0.29) is 6.04 Å². The fourth-order valence-electron chi connectivity index (χ4n) is 5.72. The fraction of sp³-hybridized carbons (Fsp3) is 0.593. The van der Waals surface area contributed by atoms with Gasteiger partial charge in [0.15, 0.2) is 0 Å². The summed E-state index contributed by atoms with van der Waals surface area (Å²) >= 11 is 12.5. The van der Waals surface area contributed by atoms with Crippen molar-refractivity contribution in [3.05, 3.63) is 45.6 Å². The Kier molecular flexibility index (Phi) is 7.89. The molecular formula is C27H36Cl2N6O. The van der Waals surface area contributed by atoms with E-state index in [9.17, 15) is 4.79 Å². The fourth-order valence-corrected chi connectivity index (χ4v) is 6.29. The van der Waals surface area contributed by atoms with E-state index in [2.05, 4.69) is 27.0 Å². The van der Waals surface area contributed by atoms with E-state index < -0.39 is 0 Å². The lowest BCUT2D eigenvalue weighted by Gasteiger charge is -2.46. The maximum absolute atomic E-state index is 11.9. The molecule has 3 aliphatic rings. The van der Waals surface area contributed by atoms with Crippen LogP contribution in [-0.4, -0.2) is 71.5 Å². The largest absolute Gasteiger partial charge is 0.363 e. The number of nitrogens with one attached hydrogen (secondary N) is 1. The van der Waals surface area contributed by atoms with Crippen LogP contribution in [0.4, 0.5) is 11.8 Å². The molecule has 4 heterocycles. The number of halogens is 2. The van der Waals surface area contributed by atoms with Gasteiger partial charge >= 0.3 is 0 Å². The summed E-state index contributed by atoms with van der Waals surface area (Å²) in [4.78, 5) is 28.3. The van der Waals surface area contributed by atoms with E-state index >= 15 is 0 Å². The number of carbonyl (C=O) groups excluding carboxylic acids is 1. The van der Waals surface area contributed by atoms with Crippen molar-refractivity contribution < 1.29 is 4.79 Å². The Morgan fingerprint density at radius 2 is 1.94 bits per heavy atom. The van der Waals surface area contributed by atoms with Crippen LogP contribution in [0.2, 0.25) is 10.0 Å². The SMILES string of the molecule is Cc1cnc(N2CC(C3CCCN(CCN4CCCC4=O)C3)C2)nc1NC(C)c1ccc(Cl)cc1Cl. The molecule has 1 aromatic heterocycles. The lowest BCUT2D eigenvalue weighted by Crippen LogP contribution is -2.54. The topological polar surface area (TPSA) is 64.6 Å². The van der Waals surface area contributed by atoms with E-state index in [4.69, 9.17) is 28.2 Å². The Morgan fingerprint density at radius 1 is 1.11 bits per heavy atom. The van der Waals surface area contributed by atoms with Crippen LogP contribution in [0.1, 0.15) is 49.8 Å². The first-order valence-electron chi connectivity index (χ1n) is 13.2. The molecule has 1 amide bonds. The summed E-state index contributed by atoms with van der Waals surface area (Å²) in [5.74, 6) is 3.33. The molecule has 9 heteroatoms. The van der Waals surface area contributed by atoms with Gasteiger partial charge in [0.25, 0.3) is 0 Å². The standard InChI is InChI=1S/C27H36Cl2N6O/c1-18-14-30-27(32-26(18)31-19(2)23-8-7-22(28)13-24(23)29)35-16-21(17-35)20-5-3-9-33(15-20)11-12-34-10-4-6-25(34)36/h7-8,13-14,19-21H,3-6,9-12,15-17H2,1-2H3,(H,30,31,32). The molecule has 1 aromatic carbocycles. The van der Waals surface area contributed by atoms with Gasteiger partial charge in [-0.2, -0.15) is 4.98 Å². The van der Waals surface area contributed by atoms with E-state index in [1.54, 1.807) is 6.07 Å². The minimum atomic E-state index is -0.00979. The van der Waals surface area contributed by atoms with Crippen LogP contribution in [-0.2, 0) is 4.79 Å². The number of aryl methyl sites for hydroxylation is 1. The molecule has 3 aliphatic heterocycles. The molecule has 7 nitrogen and oxygen atoms in total. The zero-order valence-corrected chi connectivity index (χ0v) is 22.7. The van der Waals surface area contributed by atoms with Crippen LogP contribution in [0.5, 0.6) is 0 Å². The average molecular weight is 532 g/mol. The van der Waals surface area contributed by atoms with Gasteiger partial charge in [-0.25, -0.2) is 4.98 Å². The molecule has 0 saturated carbocycles. The molecule has 3 saturated heterocycles. The third-order valence-corrected chi connectivity index (χ3v) is 8.56. The summed E-state index contributed by atoms with van der Waals surface area (Å²) in [6.07, 6.45) is 6.18. The van der Waals surface area contributed by atoms with E-state index in [0.29, 0.717) is 27.8 Å². The summed E-state index contributed by atoms with van der Waals surface area (Å²) in [5, 5.41) is 4.79. The summed E-state index contributed by atoms with van der Waals surface area (Å²) < 4.78 is 0. The Morgan fingerprint density at radius 3 is 2.69 bits per heavy atom. The molecule has 0 bridgehead atoms. The quantitative estimate of drug-likeness (QED) is 0.515. The number of hydrogen-bond donors (Lipinski definition) is 1. The predicted molar refractivity (Wildman–Crippen MR) is 146 cm³/mol. The number of piperidine rings is 1. The maximum Gasteiger partial charge on any atom is 0.227 e. The Labute approximate surface area is 224 Å². The monoisotopic (exact) mass is 530 g/mol. The Bertz CT molecular complexity index is 1090. The second-order valence-corrected chi connectivity index (χ2v) is 11.4. The normalized spacial score (nSPS) is 22.1. The van der Waals surface area contributed by atoms with Crippen molar-refractivity contribution >= 4 is 40.9 Å². The van der Waals surface area contributed by atoms with Crippen molar-refractivity contribution in [2.45, 2.75) is 45.6 Å². The minimum absolute atomic E-state index is 0.00979. The van der Waals surface area contributed by atoms with Crippen molar-refractivity contribution in [3.8, 4) is 0 Å². The third kappa shape index (κ3) is 5.74. The highest BCUT2D eigenvalue weighted by Gasteiger charge is 2.37. The summed E-state index contributed by atoms with van der Waals surface area (Å²) in [7, 11) is 0. The van der Waals surface area contributed by atoms with Crippen LogP contribution in [0, 0.1) is 18.8 Å². The molecule has 0 spiro atoms. The van der Waals surface area contributed by atoms with Gasteiger partial charge in [0.05, 0.1) is 6.04 Å². The summed E-state index contributed by atoms with van der Waals surface area (Å²) in [5.41, 5.74) is 1.99. The molecule has 0 radical (unpaired) electrons. The zero-order valence-electron chi connectivity index (χ0n) is 21.2.